The molecule has 5 heterocycles. The lowest BCUT2D eigenvalue weighted by Gasteiger charge is -2.52. The molecular formula is C33H41FN8O. The lowest BCUT2D eigenvalue weighted by atomic mass is 9.87. The predicted octanol–water partition coefficient (Wildman–Crippen LogP) is 3.33. The van der Waals surface area contributed by atoms with Crippen molar-refractivity contribution in [2.45, 2.75) is 69.0 Å². The number of hydrogen-bond acceptors (Lipinski definition) is 8. The highest BCUT2D eigenvalue weighted by atomic mass is 19.1. The van der Waals surface area contributed by atoms with Gasteiger partial charge in [0.15, 0.2) is 0 Å². The van der Waals surface area contributed by atoms with Crippen LogP contribution in [0.25, 0.3) is 0 Å². The van der Waals surface area contributed by atoms with Crippen LogP contribution < -0.4 is 14.7 Å². The number of aromatic nitrogens is 2. The molecule has 1 spiro atoms. The number of hydrogen-bond donors (Lipinski definition) is 0. The Labute approximate surface area is 253 Å². The van der Waals surface area contributed by atoms with Crippen molar-refractivity contribution >= 4 is 23.4 Å². The SMILES string of the molecule is C=CC(=O)N1CCN(c2nc(N3CC4(CCCN4C)C3)nc3c2CC[C@@H](N2CCCc4ccc(F)cc42)C3)C[C@@H]1CC#N. The van der Waals surface area contributed by atoms with Gasteiger partial charge < -0.3 is 19.6 Å². The predicted molar refractivity (Wildman–Crippen MR) is 165 cm³/mol. The second kappa shape index (κ2) is 11.1. The molecule has 5 aliphatic rings. The molecule has 3 fully saturated rings. The molecule has 1 aliphatic carbocycles. The van der Waals surface area contributed by atoms with Crippen LogP contribution in [0.1, 0.15) is 48.9 Å². The number of amides is 1. The third-order valence-electron chi connectivity index (χ3n) is 10.6. The zero-order valence-electron chi connectivity index (χ0n) is 25.1. The van der Waals surface area contributed by atoms with E-state index >= 15 is 0 Å². The van der Waals surface area contributed by atoms with Gasteiger partial charge in [0.2, 0.25) is 11.9 Å². The lowest BCUT2D eigenvalue weighted by Crippen LogP contribution is -2.67. The van der Waals surface area contributed by atoms with E-state index in [1.807, 2.05) is 6.07 Å². The van der Waals surface area contributed by atoms with Gasteiger partial charge in [-0.2, -0.15) is 10.2 Å². The first-order valence-corrected chi connectivity index (χ1v) is 15.8. The van der Waals surface area contributed by atoms with Gasteiger partial charge in [0.05, 0.1) is 29.8 Å². The summed E-state index contributed by atoms with van der Waals surface area (Å²) in [7, 11) is 2.23. The van der Waals surface area contributed by atoms with Crippen LogP contribution >= 0.6 is 0 Å². The molecule has 7 rings (SSSR count). The van der Waals surface area contributed by atoms with Crippen LogP contribution in [0.4, 0.5) is 21.8 Å². The summed E-state index contributed by atoms with van der Waals surface area (Å²) >= 11 is 0. The van der Waals surface area contributed by atoms with Gasteiger partial charge >= 0.3 is 0 Å². The molecule has 9 nitrogen and oxygen atoms in total. The number of likely N-dealkylation sites (N-methyl/N-ethyl adjacent to an activating group) is 1. The number of benzene rings is 1. The molecule has 1 amide bonds. The molecule has 10 heteroatoms. The maximum atomic E-state index is 14.3. The van der Waals surface area contributed by atoms with Gasteiger partial charge in [-0.15, -0.1) is 0 Å². The number of halogens is 1. The molecule has 2 aromatic rings. The minimum Gasteiger partial charge on any atom is -0.368 e. The molecule has 0 saturated carbocycles. The minimum absolute atomic E-state index is 0.127. The average Bonchev–Trinajstić information content (AvgIpc) is 3.40. The van der Waals surface area contributed by atoms with E-state index in [1.54, 1.807) is 17.0 Å². The van der Waals surface area contributed by atoms with Crippen LogP contribution in [-0.2, 0) is 24.1 Å². The summed E-state index contributed by atoms with van der Waals surface area (Å²) in [5.41, 5.74) is 4.75. The van der Waals surface area contributed by atoms with Gasteiger partial charge in [-0.1, -0.05) is 12.6 Å². The quantitative estimate of drug-likeness (QED) is 0.495. The van der Waals surface area contributed by atoms with E-state index in [0.29, 0.717) is 19.6 Å². The Balaban J connectivity index is 1.21. The van der Waals surface area contributed by atoms with E-state index in [-0.39, 0.29) is 35.8 Å². The summed E-state index contributed by atoms with van der Waals surface area (Å²) in [6, 6.07) is 7.55. The standard InChI is InChI=1S/C33H41FN8O/c1-3-30(43)42-17-16-39(20-26(42)11-13-35)31-27-10-9-25(41-15-4-6-23-7-8-24(34)18-29(23)41)19-28(27)36-32(37-31)40-21-33(22-40)12-5-14-38(33)2/h3,7-8,18,25-26H,1,4-6,9-12,14-17,19-22H2,2H3/t25-,26+/m1/s1. The first-order chi connectivity index (χ1) is 20.9. The van der Waals surface area contributed by atoms with E-state index in [1.165, 1.54) is 30.0 Å². The number of aryl methyl sites for hydroxylation is 1. The number of carbonyl (C=O) groups is 1. The Morgan fingerprint density at radius 2 is 2.02 bits per heavy atom. The second-order valence-electron chi connectivity index (χ2n) is 13.0. The van der Waals surface area contributed by atoms with Gasteiger partial charge in [-0.25, -0.2) is 9.37 Å². The van der Waals surface area contributed by atoms with E-state index < -0.39 is 0 Å². The fourth-order valence-electron chi connectivity index (χ4n) is 8.20. The minimum atomic E-state index is -0.214. The van der Waals surface area contributed by atoms with Crippen molar-refractivity contribution in [1.29, 1.82) is 5.26 Å². The molecule has 1 aromatic carbocycles. The third-order valence-corrected chi connectivity index (χ3v) is 10.6. The number of likely N-dealkylation sites (tertiary alicyclic amines) is 1. The Morgan fingerprint density at radius 1 is 1.16 bits per heavy atom. The molecule has 2 atom stereocenters. The van der Waals surface area contributed by atoms with Gasteiger partial charge in [0, 0.05) is 63.0 Å². The van der Waals surface area contributed by atoms with E-state index in [9.17, 15) is 14.4 Å². The summed E-state index contributed by atoms with van der Waals surface area (Å²) in [5, 5.41) is 9.56. The number of anilines is 3. The van der Waals surface area contributed by atoms with Crippen molar-refractivity contribution in [2.75, 3.05) is 67.6 Å². The summed E-state index contributed by atoms with van der Waals surface area (Å²) in [6.07, 6.45) is 8.70. The maximum Gasteiger partial charge on any atom is 0.246 e. The van der Waals surface area contributed by atoms with Crippen LogP contribution in [0.3, 0.4) is 0 Å². The maximum absolute atomic E-state index is 14.3. The fourth-order valence-corrected chi connectivity index (χ4v) is 8.20. The molecule has 4 aliphatic heterocycles. The normalized spacial score (nSPS) is 24.8. The molecule has 43 heavy (non-hydrogen) atoms. The first kappa shape index (κ1) is 28.1. The van der Waals surface area contributed by atoms with Crippen molar-refractivity contribution in [3.8, 4) is 6.07 Å². The Hall–Kier alpha value is -3.71. The van der Waals surface area contributed by atoms with Crippen molar-refractivity contribution in [3.05, 3.63) is 53.5 Å². The van der Waals surface area contributed by atoms with Gasteiger partial charge in [0.25, 0.3) is 0 Å². The zero-order valence-corrected chi connectivity index (χ0v) is 25.1. The van der Waals surface area contributed by atoms with Gasteiger partial charge in [-0.3, -0.25) is 9.69 Å². The van der Waals surface area contributed by atoms with E-state index in [4.69, 9.17) is 9.97 Å². The van der Waals surface area contributed by atoms with E-state index in [2.05, 4.69) is 39.3 Å². The highest BCUT2D eigenvalue weighted by Crippen LogP contribution is 2.41. The molecule has 0 bridgehead atoms. The lowest BCUT2D eigenvalue weighted by molar-refractivity contribution is -0.128. The topological polar surface area (TPSA) is 82.8 Å². The molecule has 0 N–H and O–H groups in total. The largest absolute Gasteiger partial charge is 0.368 e. The molecule has 3 saturated heterocycles. The van der Waals surface area contributed by atoms with E-state index in [0.717, 1.165) is 81.4 Å². The van der Waals surface area contributed by atoms with Gasteiger partial charge in [-0.05, 0) is 75.9 Å². The van der Waals surface area contributed by atoms with Crippen molar-refractivity contribution < 1.29 is 9.18 Å². The summed E-state index contributed by atoms with van der Waals surface area (Å²) < 4.78 is 14.3. The highest BCUT2D eigenvalue weighted by Gasteiger charge is 2.50. The molecule has 1 aromatic heterocycles. The Bertz CT molecular complexity index is 1470. The number of carbonyl (C=O) groups excluding carboxylic acids is 1. The number of nitriles is 1. The summed E-state index contributed by atoms with van der Waals surface area (Å²) in [5.74, 6) is 1.43. The van der Waals surface area contributed by atoms with Crippen molar-refractivity contribution in [1.82, 2.24) is 19.8 Å². The monoisotopic (exact) mass is 584 g/mol. The fraction of sp³-hybridized carbons (Fsp3) is 0.576. The zero-order chi connectivity index (χ0) is 29.7. The van der Waals surface area contributed by atoms with Crippen LogP contribution in [0, 0.1) is 17.1 Å². The van der Waals surface area contributed by atoms with Crippen LogP contribution in [-0.4, -0.2) is 96.2 Å². The van der Waals surface area contributed by atoms with Crippen LogP contribution in [0.2, 0.25) is 0 Å². The number of fused-ring (bicyclic) bond motifs is 2. The Kier molecular flexibility index (Phi) is 7.24. The Morgan fingerprint density at radius 3 is 2.79 bits per heavy atom. The average molecular weight is 585 g/mol. The highest BCUT2D eigenvalue weighted by molar-refractivity contribution is 5.87. The molecule has 226 valence electrons. The summed E-state index contributed by atoms with van der Waals surface area (Å²) in [6.45, 7) is 9.34. The molecular weight excluding hydrogens is 543 g/mol. The third kappa shape index (κ3) is 4.92. The first-order valence-electron chi connectivity index (χ1n) is 15.8. The second-order valence-corrected chi connectivity index (χ2v) is 13.0. The van der Waals surface area contributed by atoms with Crippen molar-refractivity contribution in [3.63, 3.8) is 0 Å². The number of piperazine rings is 1. The summed E-state index contributed by atoms with van der Waals surface area (Å²) in [4.78, 5) is 34.3. The van der Waals surface area contributed by atoms with Crippen LogP contribution in [0.5, 0.6) is 0 Å². The van der Waals surface area contributed by atoms with Gasteiger partial charge in [0.1, 0.15) is 11.6 Å². The number of nitrogens with zero attached hydrogens (tertiary/aromatic N) is 8. The molecule has 0 unspecified atom stereocenters. The number of rotatable bonds is 5. The molecule has 0 radical (unpaired) electrons. The van der Waals surface area contributed by atoms with Crippen molar-refractivity contribution in [2.24, 2.45) is 0 Å². The smallest absolute Gasteiger partial charge is 0.246 e. The van der Waals surface area contributed by atoms with Crippen LogP contribution in [0.15, 0.2) is 30.9 Å².